The number of nitrogen functional groups attached to an aromatic ring is 1. The lowest BCUT2D eigenvalue weighted by Gasteiger charge is -2.08. The van der Waals surface area contributed by atoms with Gasteiger partial charge in [0, 0.05) is 11.1 Å². The lowest BCUT2D eigenvalue weighted by molar-refractivity contribution is -0.287. The number of hydrogen-bond acceptors (Lipinski definition) is 15. The molecule has 0 saturated heterocycles. The summed E-state index contributed by atoms with van der Waals surface area (Å²) in [6.45, 7) is 10.1. The van der Waals surface area contributed by atoms with Crippen molar-refractivity contribution in [1.82, 2.24) is 30.2 Å². The number of alkyl halides is 6. The number of hydrogen-bond donors (Lipinski definition) is 2. The Kier molecular flexibility index (Phi) is 13.7. The highest BCUT2D eigenvalue weighted by atomic mass is 35.5. The zero-order valence-electron chi connectivity index (χ0n) is 32.0. The zero-order chi connectivity index (χ0) is 44.1. The smallest absolute Gasteiger partial charge is 0.395 e. The number of aryl methyl sites for hydroxylation is 6. The van der Waals surface area contributed by atoms with Crippen LogP contribution in [0.2, 0.25) is 0 Å². The molecule has 2 aromatic carbocycles. The first kappa shape index (κ1) is 44.8. The van der Waals surface area contributed by atoms with E-state index in [-0.39, 0.29) is 40.0 Å². The van der Waals surface area contributed by atoms with Gasteiger partial charge in [-0.2, -0.15) is 0 Å². The van der Waals surface area contributed by atoms with E-state index in [1.807, 2.05) is 0 Å². The molecule has 0 atom stereocenters. The SMILES string of the molecule is Cc1cc2c(cc1-c1cnc(N)cn1)OC(F)(F)O2.Cc1cc2c(cc1-c1cnc(NC(=O)c3c(C)noc3C)cn1)OC(F)(F)O2.Cc1noc(C)c1C(=O)Cl.ClCCl. The number of amides is 1. The van der Waals surface area contributed by atoms with E-state index in [1.165, 1.54) is 49.1 Å². The number of rotatable bonds is 5. The molecule has 0 unspecified atom stereocenters. The van der Waals surface area contributed by atoms with E-state index in [4.69, 9.17) is 49.6 Å². The van der Waals surface area contributed by atoms with Crippen molar-refractivity contribution < 1.29 is 55.1 Å². The number of carbonyl (C=O) groups excluding carboxylic acids is 2. The molecule has 0 bridgehead atoms. The Balaban J connectivity index is 0.000000183. The Bertz CT molecular complexity index is 2490. The minimum atomic E-state index is -3.69. The van der Waals surface area contributed by atoms with Crippen LogP contribution in [0.15, 0.2) is 58.1 Å². The fourth-order valence-electron chi connectivity index (χ4n) is 5.51. The first-order chi connectivity index (χ1) is 28.2. The molecule has 0 spiro atoms. The van der Waals surface area contributed by atoms with Gasteiger partial charge in [0.05, 0.1) is 58.5 Å². The molecule has 3 N–H and O–H groups in total. The number of ether oxygens (including phenoxy) is 4. The predicted octanol–water partition coefficient (Wildman–Crippen LogP) is 9.08. The highest BCUT2D eigenvalue weighted by Gasteiger charge is 2.44. The van der Waals surface area contributed by atoms with Gasteiger partial charge in [-0.05, 0) is 88.5 Å². The fraction of sp³-hybridized carbons (Fsp3) is 0.243. The van der Waals surface area contributed by atoms with E-state index in [2.05, 4.69) is 54.5 Å². The van der Waals surface area contributed by atoms with Gasteiger partial charge < -0.3 is 39.0 Å². The molecule has 0 aliphatic carbocycles. The van der Waals surface area contributed by atoms with Crippen LogP contribution in [-0.2, 0) is 0 Å². The van der Waals surface area contributed by atoms with Crippen molar-refractivity contribution in [1.29, 1.82) is 0 Å². The number of fused-ring (bicyclic) bond motifs is 2. The molecule has 23 heteroatoms. The third kappa shape index (κ3) is 10.7. The minimum absolute atomic E-state index is 0.00894. The molecular formula is C37H31Cl3F4N8O8. The zero-order valence-corrected chi connectivity index (χ0v) is 34.3. The summed E-state index contributed by atoms with van der Waals surface area (Å²) in [5.74, 6) is 0.821. The summed E-state index contributed by atoms with van der Waals surface area (Å²) in [6.07, 6.45) is -1.66. The third-order valence-corrected chi connectivity index (χ3v) is 8.29. The van der Waals surface area contributed by atoms with Crippen LogP contribution in [-0.4, -0.2) is 59.3 Å². The van der Waals surface area contributed by atoms with Crippen LogP contribution < -0.4 is 30.0 Å². The number of aromatic nitrogens is 6. The second kappa shape index (κ2) is 18.3. The minimum Gasteiger partial charge on any atom is -0.395 e. The molecule has 0 saturated carbocycles. The van der Waals surface area contributed by atoms with Crippen molar-refractivity contribution in [3.63, 3.8) is 0 Å². The maximum atomic E-state index is 13.2. The predicted molar refractivity (Wildman–Crippen MR) is 208 cm³/mol. The second-order valence-electron chi connectivity index (χ2n) is 12.4. The summed E-state index contributed by atoms with van der Waals surface area (Å²) in [5.41, 5.74) is 10.7. The summed E-state index contributed by atoms with van der Waals surface area (Å²) >= 11 is 14.7. The van der Waals surface area contributed by atoms with Crippen molar-refractivity contribution >= 4 is 57.6 Å². The first-order valence-electron chi connectivity index (χ1n) is 16.9. The van der Waals surface area contributed by atoms with Crippen LogP contribution in [0, 0.1) is 41.5 Å². The van der Waals surface area contributed by atoms with E-state index in [0.717, 1.165) is 5.56 Å². The van der Waals surface area contributed by atoms with E-state index in [9.17, 15) is 27.2 Å². The number of nitrogens with two attached hydrogens (primary N) is 1. The lowest BCUT2D eigenvalue weighted by atomic mass is 10.1. The molecule has 6 aromatic rings. The molecule has 1 amide bonds. The van der Waals surface area contributed by atoms with Crippen LogP contribution in [0.5, 0.6) is 23.0 Å². The second-order valence-corrected chi connectivity index (χ2v) is 13.6. The van der Waals surface area contributed by atoms with Gasteiger partial charge >= 0.3 is 12.6 Å². The maximum absolute atomic E-state index is 13.2. The number of nitrogens with one attached hydrogen (secondary N) is 1. The molecule has 2 aliphatic rings. The van der Waals surface area contributed by atoms with Gasteiger partial charge in [-0.1, -0.05) is 10.3 Å². The van der Waals surface area contributed by atoms with Gasteiger partial charge in [0.25, 0.3) is 11.1 Å². The standard InChI is InChI=1S/C18H14F2N4O4.C12H9F2N3O2.C6H6ClNO2.CH2Cl2/c1-8-4-13-14(27-18(19,20)26-13)5-11(8)12-6-22-15(7-21-12)23-17(25)16-9(2)24-28-10(16)3;1-6-2-9-10(19-12(13,14)18-9)3-7(6)8-4-17-11(15)5-16-8;1-3-5(6(7)9)4(2)10-8-3;2-1-3/h4-7H,1-3H3,(H,22,23,25);2-5H,1H3,(H2,15,17);1-2H3;1H2. The van der Waals surface area contributed by atoms with Crippen LogP contribution in [0.25, 0.3) is 22.5 Å². The fourth-order valence-corrected chi connectivity index (χ4v) is 5.78. The van der Waals surface area contributed by atoms with Gasteiger partial charge in [-0.3, -0.25) is 19.6 Å². The van der Waals surface area contributed by atoms with Crippen molar-refractivity contribution in [3.8, 4) is 45.5 Å². The normalized spacial score (nSPS) is 13.5. The van der Waals surface area contributed by atoms with E-state index >= 15 is 0 Å². The molecule has 0 radical (unpaired) electrons. The lowest BCUT2D eigenvalue weighted by Crippen LogP contribution is -2.25. The third-order valence-electron chi connectivity index (χ3n) is 8.10. The van der Waals surface area contributed by atoms with E-state index in [0.29, 0.717) is 62.1 Å². The molecular weight excluding hydrogens is 867 g/mol. The molecule has 4 aromatic heterocycles. The van der Waals surface area contributed by atoms with Gasteiger partial charge in [0.15, 0.2) is 28.8 Å². The Labute approximate surface area is 352 Å². The van der Waals surface area contributed by atoms with Crippen molar-refractivity contribution in [2.24, 2.45) is 0 Å². The molecule has 2 aliphatic heterocycles. The van der Waals surface area contributed by atoms with E-state index < -0.39 is 23.7 Å². The summed E-state index contributed by atoms with van der Waals surface area (Å²) < 4.78 is 79.7. The summed E-state index contributed by atoms with van der Waals surface area (Å²) in [4.78, 5) is 39.4. The van der Waals surface area contributed by atoms with Crippen LogP contribution in [0.4, 0.5) is 29.2 Å². The average molecular weight is 898 g/mol. The van der Waals surface area contributed by atoms with Crippen molar-refractivity contribution in [2.45, 2.75) is 54.1 Å². The largest absolute Gasteiger partial charge is 0.586 e. The Hall–Kier alpha value is -6.25. The Morgan fingerprint density at radius 2 is 1.07 bits per heavy atom. The molecule has 16 nitrogen and oxygen atoms in total. The highest BCUT2D eigenvalue weighted by Crippen LogP contribution is 2.45. The van der Waals surface area contributed by atoms with Gasteiger partial charge in [-0.15, -0.1) is 40.8 Å². The molecule has 8 rings (SSSR count). The number of benzene rings is 2. The van der Waals surface area contributed by atoms with Crippen LogP contribution >= 0.6 is 34.8 Å². The van der Waals surface area contributed by atoms with Gasteiger partial charge in [-0.25, -0.2) is 9.97 Å². The van der Waals surface area contributed by atoms with Crippen LogP contribution in [0.3, 0.4) is 0 Å². The number of nitrogens with zero attached hydrogens (tertiary/aromatic N) is 6. The molecule has 316 valence electrons. The summed E-state index contributed by atoms with van der Waals surface area (Å²) in [7, 11) is 0. The summed E-state index contributed by atoms with van der Waals surface area (Å²) in [5, 5.41) is 9.58. The monoisotopic (exact) mass is 896 g/mol. The molecule has 0 fully saturated rings. The van der Waals surface area contributed by atoms with E-state index in [1.54, 1.807) is 41.5 Å². The molecule has 6 heterocycles. The van der Waals surface area contributed by atoms with Crippen molar-refractivity contribution in [2.75, 3.05) is 16.4 Å². The number of halogens is 7. The quantitative estimate of drug-likeness (QED) is 0.0938. The highest BCUT2D eigenvalue weighted by molar-refractivity contribution is 6.68. The Morgan fingerprint density at radius 1 is 0.650 bits per heavy atom. The topological polar surface area (TPSA) is 213 Å². The number of carbonyl (C=O) groups is 2. The first-order valence-corrected chi connectivity index (χ1v) is 18.4. The van der Waals surface area contributed by atoms with Gasteiger partial charge in [0.1, 0.15) is 22.9 Å². The number of anilines is 2. The van der Waals surface area contributed by atoms with Crippen molar-refractivity contribution in [3.05, 3.63) is 94.2 Å². The van der Waals surface area contributed by atoms with Gasteiger partial charge in [0.2, 0.25) is 0 Å². The van der Waals surface area contributed by atoms with Crippen LogP contribution in [0.1, 0.15) is 54.8 Å². The summed E-state index contributed by atoms with van der Waals surface area (Å²) in [6, 6.07) is 5.79. The average Bonchev–Trinajstić information content (AvgIpc) is 3.88. The Morgan fingerprint density at radius 3 is 1.42 bits per heavy atom. The maximum Gasteiger partial charge on any atom is 0.586 e. The molecule has 60 heavy (non-hydrogen) atoms.